The Kier molecular flexibility index (Phi) is 7.42. The Morgan fingerprint density at radius 1 is 1.21 bits per heavy atom. The van der Waals surface area contributed by atoms with Crippen LogP contribution in [0, 0.1) is 5.92 Å². The van der Waals surface area contributed by atoms with Gasteiger partial charge in [-0.15, -0.1) is 0 Å². The van der Waals surface area contributed by atoms with Gasteiger partial charge in [-0.25, -0.2) is 0 Å². The van der Waals surface area contributed by atoms with E-state index in [2.05, 4.69) is 0 Å². The fraction of sp³-hybridized carbons (Fsp3) is 0.900. The summed E-state index contributed by atoms with van der Waals surface area (Å²) >= 11 is 0. The first-order chi connectivity index (χ1) is 6.57. The average molecular weight is 204 g/mol. The van der Waals surface area contributed by atoms with Crippen LogP contribution >= 0.6 is 0 Å². The van der Waals surface area contributed by atoms with Crippen LogP contribution in [0.4, 0.5) is 0 Å². The van der Waals surface area contributed by atoms with Gasteiger partial charge in [0.1, 0.15) is 0 Å². The first-order valence-electron chi connectivity index (χ1n) is 5.09. The molecule has 2 unspecified atom stereocenters. The Hall–Kier alpha value is -0.610. The molecule has 2 atom stereocenters. The van der Waals surface area contributed by atoms with Crippen LogP contribution in [0.15, 0.2) is 0 Å². The summed E-state index contributed by atoms with van der Waals surface area (Å²) in [6.45, 7) is 1.77. The molecule has 0 bridgehead atoms. The molecule has 0 saturated carbocycles. The van der Waals surface area contributed by atoms with Crippen molar-refractivity contribution in [3.63, 3.8) is 0 Å². The van der Waals surface area contributed by atoms with E-state index in [9.17, 15) is 4.79 Å². The SMILES string of the molecule is CC(O)CCC(CCCCO)C(=O)O. The number of carboxylic acids is 1. The number of aliphatic hydroxyl groups is 2. The highest BCUT2D eigenvalue weighted by molar-refractivity contribution is 5.69. The zero-order valence-corrected chi connectivity index (χ0v) is 8.65. The van der Waals surface area contributed by atoms with E-state index >= 15 is 0 Å². The van der Waals surface area contributed by atoms with Crippen LogP contribution < -0.4 is 0 Å². The van der Waals surface area contributed by atoms with Crippen LogP contribution in [0.2, 0.25) is 0 Å². The van der Waals surface area contributed by atoms with Gasteiger partial charge < -0.3 is 15.3 Å². The molecule has 0 heterocycles. The first kappa shape index (κ1) is 13.4. The number of carbonyl (C=O) groups is 1. The van der Waals surface area contributed by atoms with Gasteiger partial charge in [0.05, 0.1) is 12.0 Å². The van der Waals surface area contributed by atoms with Crippen molar-refractivity contribution in [3.05, 3.63) is 0 Å². The fourth-order valence-electron chi connectivity index (χ4n) is 1.34. The second kappa shape index (κ2) is 7.76. The summed E-state index contributed by atoms with van der Waals surface area (Å²) in [7, 11) is 0. The van der Waals surface area contributed by atoms with Crippen LogP contribution in [0.25, 0.3) is 0 Å². The summed E-state index contributed by atoms with van der Waals surface area (Å²) < 4.78 is 0. The van der Waals surface area contributed by atoms with E-state index in [1.165, 1.54) is 0 Å². The summed E-state index contributed by atoms with van der Waals surface area (Å²) in [6.07, 6.45) is 2.57. The van der Waals surface area contributed by atoms with Crippen LogP contribution in [-0.4, -0.2) is 34.0 Å². The van der Waals surface area contributed by atoms with Gasteiger partial charge in [-0.1, -0.05) is 6.42 Å². The Morgan fingerprint density at radius 2 is 1.86 bits per heavy atom. The molecule has 0 aromatic rings. The first-order valence-corrected chi connectivity index (χ1v) is 5.09. The quantitative estimate of drug-likeness (QED) is 0.516. The number of hydrogen-bond donors (Lipinski definition) is 3. The van der Waals surface area contributed by atoms with Crippen molar-refractivity contribution in [2.45, 2.75) is 45.1 Å². The fourth-order valence-corrected chi connectivity index (χ4v) is 1.34. The third-order valence-electron chi connectivity index (χ3n) is 2.24. The molecule has 0 aromatic heterocycles. The van der Waals surface area contributed by atoms with Crippen LogP contribution in [0.1, 0.15) is 39.0 Å². The van der Waals surface area contributed by atoms with E-state index in [1.807, 2.05) is 0 Å². The molecular weight excluding hydrogens is 184 g/mol. The summed E-state index contributed by atoms with van der Waals surface area (Å²) in [5.41, 5.74) is 0. The molecule has 0 saturated heterocycles. The summed E-state index contributed by atoms with van der Waals surface area (Å²) in [5, 5.41) is 26.4. The molecule has 14 heavy (non-hydrogen) atoms. The van der Waals surface area contributed by atoms with Crippen LogP contribution in [0.3, 0.4) is 0 Å². The van der Waals surface area contributed by atoms with E-state index in [1.54, 1.807) is 6.92 Å². The smallest absolute Gasteiger partial charge is 0.306 e. The molecule has 3 N–H and O–H groups in total. The molecule has 0 radical (unpaired) electrons. The van der Waals surface area contributed by atoms with Crippen molar-refractivity contribution in [2.24, 2.45) is 5.92 Å². The molecule has 0 aromatic carbocycles. The van der Waals surface area contributed by atoms with Crippen molar-refractivity contribution >= 4 is 5.97 Å². The van der Waals surface area contributed by atoms with Crippen LogP contribution in [0.5, 0.6) is 0 Å². The molecule has 0 fully saturated rings. The number of aliphatic hydroxyl groups excluding tert-OH is 2. The number of rotatable bonds is 8. The minimum Gasteiger partial charge on any atom is -0.481 e. The Bertz CT molecular complexity index is 156. The maximum absolute atomic E-state index is 10.8. The lowest BCUT2D eigenvalue weighted by atomic mass is 9.95. The van der Waals surface area contributed by atoms with E-state index in [0.29, 0.717) is 25.7 Å². The van der Waals surface area contributed by atoms with Gasteiger partial charge in [0.25, 0.3) is 0 Å². The van der Waals surface area contributed by atoms with Crippen molar-refractivity contribution in [1.82, 2.24) is 0 Å². The van der Waals surface area contributed by atoms with Gasteiger partial charge in [0.15, 0.2) is 0 Å². The highest BCUT2D eigenvalue weighted by Gasteiger charge is 2.17. The topological polar surface area (TPSA) is 77.8 Å². The highest BCUT2D eigenvalue weighted by Crippen LogP contribution is 2.16. The Balaban J connectivity index is 3.72. The molecule has 0 spiro atoms. The second-order valence-corrected chi connectivity index (χ2v) is 3.68. The predicted molar refractivity (Wildman–Crippen MR) is 53.0 cm³/mol. The minimum atomic E-state index is -0.802. The maximum atomic E-state index is 10.8. The number of carboxylic acid groups (broad SMARTS) is 1. The van der Waals surface area contributed by atoms with E-state index < -0.39 is 12.1 Å². The molecule has 4 heteroatoms. The largest absolute Gasteiger partial charge is 0.481 e. The molecule has 0 aliphatic carbocycles. The van der Waals surface area contributed by atoms with Gasteiger partial charge in [0, 0.05) is 6.61 Å². The van der Waals surface area contributed by atoms with Crippen LogP contribution in [-0.2, 0) is 4.79 Å². The highest BCUT2D eigenvalue weighted by atomic mass is 16.4. The zero-order valence-electron chi connectivity index (χ0n) is 8.65. The second-order valence-electron chi connectivity index (χ2n) is 3.68. The van der Waals surface area contributed by atoms with E-state index in [4.69, 9.17) is 15.3 Å². The average Bonchev–Trinajstić information content (AvgIpc) is 2.10. The number of hydrogen-bond acceptors (Lipinski definition) is 3. The molecule has 0 aliphatic heterocycles. The van der Waals surface area contributed by atoms with E-state index in [0.717, 1.165) is 6.42 Å². The van der Waals surface area contributed by atoms with Crippen molar-refractivity contribution in [3.8, 4) is 0 Å². The lowest BCUT2D eigenvalue weighted by Gasteiger charge is -2.12. The number of unbranched alkanes of at least 4 members (excludes halogenated alkanes) is 1. The minimum absolute atomic E-state index is 0.114. The lowest BCUT2D eigenvalue weighted by molar-refractivity contribution is -0.142. The van der Waals surface area contributed by atoms with Gasteiger partial charge >= 0.3 is 5.97 Å². The zero-order chi connectivity index (χ0) is 11.0. The predicted octanol–water partition coefficient (Wildman–Crippen LogP) is 1.01. The van der Waals surface area contributed by atoms with Crippen molar-refractivity contribution < 1.29 is 20.1 Å². The van der Waals surface area contributed by atoms with Gasteiger partial charge in [-0.2, -0.15) is 0 Å². The third-order valence-corrected chi connectivity index (χ3v) is 2.24. The third kappa shape index (κ3) is 6.86. The molecular formula is C10H20O4. The standard InChI is InChI=1S/C10H20O4/c1-8(12)5-6-9(10(13)14)4-2-3-7-11/h8-9,11-12H,2-7H2,1H3,(H,13,14). The molecule has 84 valence electrons. The number of aliphatic carboxylic acids is 1. The van der Waals surface area contributed by atoms with Gasteiger partial charge in [0.2, 0.25) is 0 Å². The van der Waals surface area contributed by atoms with Crippen molar-refractivity contribution in [1.29, 1.82) is 0 Å². The lowest BCUT2D eigenvalue weighted by Crippen LogP contribution is -2.16. The van der Waals surface area contributed by atoms with Gasteiger partial charge in [-0.05, 0) is 32.6 Å². The van der Waals surface area contributed by atoms with E-state index in [-0.39, 0.29) is 12.5 Å². The monoisotopic (exact) mass is 204 g/mol. The molecule has 4 nitrogen and oxygen atoms in total. The Morgan fingerprint density at radius 3 is 2.29 bits per heavy atom. The van der Waals surface area contributed by atoms with Crippen molar-refractivity contribution in [2.75, 3.05) is 6.61 Å². The molecule has 0 rings (SSSR count). The summed E-state index contributed by atoms with van der Waals surface area (Å²) in [4.78, 5) is 10.8. The normalized spacial score (nSPS) is 15.1. The van der Waals surface area contributed by atoms with Gasteiger partial charge in [-0.3, -0.25) is 4.79 Å². The summed E-state index contributed by atoms with van der Waals surface area (Å²) in [5.74, 6) is -1.18. The summed E-state index contributed by atoms with van der Waals surface area (Å²) in [6, 6.07) is 0. The maximum Gasteiger partial charge on any atom is 0.306 e. The Labute approximate surface area is 84.6 Å². The molecule has 0 aliphatic rings. The molecule has 0 amide bonds.